The highest BCUT2D eigenvalue weighted by atomic mass is 32.2. The van der Waals surface area contributed by atoms with E-state index in [4.69, 9.17) is 9.47 Å². The molecule has 0 radical (unpaired) electrons. The van der Waals surface area contributed by atoms with Gasteiger partial charge in [0, 0.05) is 26.2 Å². The summed E-state index contributed by atoms with van der Waals surface area (Å²) in [5, 5.41) is 3.28. The molecule has 1 aromatic carbocycles. The standard InChI is InChI=1S/C14H24N2O4S/c1-11(2)15-10-12-5-6-14(13(9-12)20-4)21(17,18)16-7-8-19-3/h5-6,9,11,15-16H,7-8,10H2,1-4H3. The second kappa shape index (κ2) is 8.33. The van der Waals surface area contributed by atoms with Crippen molar-refractivity contribution in [1.29, 1.82) is 0 Å². The lowest BCUT2D eigenvalue weighted by molar-refractivity contribution is 0.204. The van der Waals surface area contributed by atoms with E-state index >= 15 is 0 Å². The first-order valence-electron chi connectivity index (χ1n) is 6.79. The molecule has 0 amide bonds. The van der Waals surface area contributed by atoms with Gasteiger partial charge in [-0.1, -0.05) is 19.9 Å². The zero-order chi connectivity index (χ0) is 15.9. The highest BCUT2D eigenvalue weighted by Gasteiger charge is 2.19. The molecule has 0 saturated heterocycles. The first-order valence-corrected chi connectivity index (χ1v) is 8.28. The minimum absolute atomic E-state index is 0.134. The van der Waals surface area contributed by atoms with Crippen LogP contribution in [-0.4, -0.2) is 41.8 Å². The first kappa shape index (κ1) is 17.9. The Bertz CT molecular complexity index is 544. The van der Waals surface area contributed by atoms with E-state index in [0.717, 1.165) is 5.56 Å². The molecule has 0 spiro atoms. The molecule has 0 saturated carbocycles. The van der Waals surface area contributed by atoms with Crippen molar-refractivity contribution in [1.82, 2.24) is 10.0 Å². The fraction of sp³-hybridized carbons (Fsp3) is 0.571. The van der Waals surface area contributed by atoms with Gasteiger partial charge in [0.25, 0.3) is 0 Å². The van der Waals surface area contributed by atoms with Crippen molar-refractivity contribution in [3.8, 4) is 5.75 Å². The number of methoxy groups -OCH3 is 2. The van der Waals surface area contributed by atoms with Gasteiger partial charge in [0.15, 0.2) is 0 Å². The highest BCUT2D eigenvalue weighted by Crippen LogP contribution is 2.24. The molecule has 0 bridgehead atoms. The van der Waals surface area contributed by atoms with Crippen LogP contribution in [0.1, 0.15) is 19.4 Å². The van der Waals surface area contributed by atoms with Gasteiger partial charge in [-0.05, 0) is 17.7 Å². The number of sulfonamides is 1. The van der Waals surface area contributed by atoms with Gasteiger partial charge in [-0.15, -0.1) is 0 Å². The van der Waals surface area contributed by atoms with E-state index in [2.05, 4.69) is 23.9 Å². The van der Waals surface area contributed by atoms with E-state index in [0.29, 0.717) is 24.9 Å². The molecule has 1 rings (SSSR count). The van der Waals surface area contributed by atoms with Crippen LogP contribution in [0.5, 0.6) is 5.75 Å². The third-order valence-electron chi connectivity index (χ3n) is 2.83. The molecule has 0 unspecified atom stereocenters. The third kappa shape index (κ3) is 5.62. The summed E-state index contributed by atoms with van der Waals surface area (Å²) < 4.78 is 36.9. The minimum atomic E-state index is -3.60. The molecule has 1 aromatic rings. The van der Waals surface area contributed by atoms with E-state index in [1.807, 2.05) is 0 Å². The molecule has 0 heterocycles. The van der Waals surface area contributed by atoms with Crippen molar-refractivity contribution in [3.05, 3.63) is 23.8 Å². The monoisotopic (exact) mass is 316 g/mol. The predicted molar refractivity (Wildman–Crippen MR) is 82.0 cm³/mol. The molecule has 0 fully saturated rings. The molecular formula is C14H24N2O4S. The molecule has 0 aliphatic rings. The van der Waals surface area contributed by atoms with Crippen LogP contribution >= 0.6 is 0 Å². The Morgan fingerprint density at radius 1 is 1.24 bits per heavy atom. The van der Waals surface area contributed by atoms with Gasteiger partial charge in [-0.25, -0.2) is 13.1 Å². The zero-order valence-corrected chi connectivity index (χ0v) is 13.8. The number of nitrogens with one attached hydrogen (secondary N) is 2. The summed E-state index contributed by atoms with van der Waals surface area (Å²) in [6, 6.07) is 5.43. The van der Waals surface area contributed by atoms with E-state index in [1.54, 1.807) is 18.2 Å². The summed E-state index contributed by atoms with van der Waals surface area (Å²) >= 11 is 0. The summed E-state index contributed by atoms with van der Waals surface area (Å²) in [5.41, 5.74) is 0.969. The van der Waals surface area contributed by atoms with Gasteiger partial charge in [-0.2, -0.15) is 0 Å². The molecule has 0 aliphatic carbocycles. The Hall–Kier alpha value is -1.15. The molecule has 21 heavy (non-hydrogen) atoms. The highest BCUT2D eigenvalue weighted by molar-refractivity contribution is 7.89. The number of rotatable bonds is 9. The first-order chi connectivity index (χ1) is 9.90. The summed E-state index contributed by atoms with van der Waals surface area (Å²) in [5.74, 6) is 0.336. The summed E-state index contributed by atoms with van der Waals surface area (Å²) in [6.07, 6.45) is 0. The van der Waals surface area contributed by atoms with Crippen molar-refractivity contribution in [2.24, 2.45) is 0 Å². The summed E-state index contributed by atoms with van der Waals surface area (Å²) in [7, 11) is -0.618. The van der Waals surface area contributed by atoms with Gasteiger partial charge in [0.2, 0.25) is 10.0 Å². The fourth-order valence-corrected chi connectivity index (χ4v) is 2.88. The lowest BCUT2D eigenvalue weighted by Crippen LogP contribution is -2.27. The number of benzene rings is 1. The number of ether oxygens (including phenoxy) is 2. The molecule has 2 N–H and O–H groups in total. The maximum Gasteiger partial charge on any atom is 0.244 e. The van der Waals surface area contributed by atoms with E-state index < -0.39 is 10.0 Å². The van der Waals surface area contributed by atoms with Crippen LogP contribution in [0, 0.1) is 0 Å². The molecular weight excluding hydrogens is 292 g/mol. The topological polar surface area (TPSA) is 76.7 Å². The summed E-state index contributed by atoms with van der Waals surface area (Å²) in [4.78, 5) is 0.134. The molecule has 7 heteroatoms. The minimum Gasteiger partial charge on any atom is -0.495 e. The van der Waals surface area contributed by atoms with Crippen LogP contribution in [0.3, 0.4) is 0 Å². The average Bonchev–Trinajstić information content (AvgIpc) is 2.44. The number of hydrogen-bond acceptors (Lipinski definition) is 5. The van der Waals surface area contributed by atoms with Crippen LogP contribution in [0.15, 0.2) is 23.1 Å². The molecule has 0 aliphatic heterocycles. The Labute approximate surface area is 126 Å². The van der Waals surface area contributed by atoms with Crippen molar-refractivity contribution >= 4 is 10.0 Å². The molecule has 0 atom stereocenters. The quantitative estimate of drug-likeness (QED) is 0.668. The van der Waals surface area contributed by atoms with E-state index in [9.17, 15) is 8.42 Å². The average molecular weight is 316 g/mol. The Morgan fingerprint density at radius 2 is 1.95 bits per heavy atom. The van der Waals surface area contributed by atoms with Crippen molar-refractivity contribution in [2.45, 2.75) is 31.3 Å². The molecule has 6 nitrogen and oxygen atoms in total. The van der Waals surface area contributed by atoms with Gasteiger partial charge < -0.3 is 14.8 Å². The van der Waals surface area contributed by atoms with Gasteiger partial charge in [0.1, 0.15) is 10.6 Å². The summed E-state index contributed by atoms with van der Waals surface area (Å²) in [6.45, 7) is 5.30. The number of hydrogen-bond donors (Lipinski definition) is 2. The zero-order valence-electron chi connectivity index (χ0n) is 13.0. The van der Waals surface area contributed by atoms with E-state index in [-0.39, 0.29) is 11.4 Å². The fourth-order valence-electron chi connectivity index (χ4n) is 1.72. The Kier molecular flexibility index (Phi) is 7.10. The molecule has 0 aromatic heterocycles. The largest absolute Gasteiger partial charge is 0.495 e. The normalized spacial score (nSPS) is 11.9. The molecule has 120 valence electrons. The SMILES string of the molecule is COCCNS(=O)(=O)c1ccc(CNC(C)C)cc1OC. The van der Waals surface area contributed by atoms with Gasteiger partial charge in [0.05, 0.1) is 13.7 Å². The van der Waals surface area contributed by atoms with Crippen LogP contribution in [0.2, 0.25) is 0 Å². The smallest absolute Gasteiger partial charge is 0.244 e. The van der Waals surface area contributed by atoms with Crippen LogP contribution in [0.25, 0.3) is 0 Å². The van der Waals surface area contributed by atoms with Gasteiger partial charge >= 0.3 is 0 Å². The Balaban J connectivity index is 2.92. The lowest BCUT2D eigenvalue weighted by Gasteiger charge is -2.13. The Morgan fingerprint density at radius 3 is 2.52 bits per heavy atom. The van der Waals surface area contributed by atoms with Crippen molar-refractivity contribution in [2.75, 3.05) is 27.4 Å². The van der Waals surface area contributed by atoms with Crippen molar-refractivity contribution in [3.63, 3.8) is 0 Å². The van der Waals surface area contributed by atoms with Crippen LogP contribution in [0.4, 0.5) is 0 Å². The second-order valence-electron chi connectivity index (χ2n) is 4.91. The predicted octanol–water partition coefficient (Wildman–Crippen LogP) is 1.12. The van der Waals surface area contributed by atoms with E-state index in [1.165, 1.54) is 14.2 Å². The lowest BCUT2D eigenvalue weighted by atomic mass is 10.2. The second-order valence-corrected chi connectivity index (χ2v) is 6.65. The maximum absolute atomic E-state index is 12.2. The third-order valence-corrected chi connectivity index (χ3v) is 4.33. The van der Waals surface area contributed by atoms with Gasteiger partial charge in [-0.3, -0.25) is 0 Å². The van der Waals surface area contributed by atoms with Crippen LogP contribution < -0.4 is 14.8 Å². The van der Waals surface area contributed by atoms with Crippen molar-refractivity contribution < 1.29 is 17.9 Å². The van der Waals surface area contributed by atoms with Crippen LogP contribution in [-0.2, 0) is 21.3 Å². The maximum atomic E-state index is 12.2.